The van der Waals surface area contributed by atoms with Crippen LogP contribution >= 0.6 is 11.3 Å². The molecule has 0 radical (unpaired) electrons. The van der Waals surface area contributed by atoms with E-state index in [0.29, 0.717) is 18.3 Å². The first-order valence-electron chi connectivity index (χ1n) is 8.79. The predicted octanol–water partition coefficient (Wildman–Crippen LogP) is 2.81. The molecule has 24 heavy (non-hydrogen) atoms. The van der Waals surface area contributed by atoms with Gasteiger partial charge in [-0.1, -0.05) is 20.3 Å². The van der Waals surface area contributed by atoms with Crippen molar-refractivity contribution < 1.29 is 4.79 Å². The van der Waals surface area contributed by atoms with Crippen molar-refractivity contribution >= 4 is 27.5 Å². The van der Waals surface area contributed by atoms with Crippen LogP contribution in [0.2, 0.25) is 0 Å². The second-order valence-corrected chi connectivity index (χ2v) is 7.87. The van der Waals surface area contributed by atoms with E-state index in [1.54, 1.807) is 11.3 Å². The first kappa shape index (κ1) is 17.1. The second-order valence-electron chi connectivity index (χ2n) is 6.79. The van der Waals surface area contributed by atoms with Gasteiger partial charge in [0.05, 0.1) is 5.39 Å². The number of carbonyl (C=O) groups is 1. The van der Waals surface area contributed by atoms with E-state index in [1.807, 2.05) is 6.92 Å². The van der Waals surface area contributed by atoms with Gasteiger partial charge in [0.25, 0.3) is 5.56 Å². The van der Waals surface area contributed by atoms with Gasteiger partial charge in [-0.3, -0.25) is 14.2 Å². The lowest BCUT2D eigenvalue weighted by atomic mass is 9.89. The van der Waals surface area contributed by atoms with E-state index >= 15 is 0 Å². The van der Waals surface area contributed by atoms with Crippen LogP contribution in [0.3, 0.4) is 0 Å². The van der Waals surface area contributed by atoms with Crippen LogP contribution in [-0.4, -0.2) is 22.0 Å². The standard InChI is InChI=1S/C18H25N3O2S/c1-4-5-8-19-15(22)10-21-12(3)20-17-16(18(21)23)13-7-6-11(2)9-14(13)24-17/h11H,4-10H2,1-3H3,(H,19,22). The molecule has 1 atom stereocenters. The minimum Gasteiger partial charge on any atom is -0.355 e. The molecule has 1 unspecified atom stereocenters. The summed E-state index contributed by atoms with van der Waals surface area (Å²) >= 11 is 1.65. The minimum atomic E-state index is -0.118. The van der Waals surface area contributed by atoms with Crippen LogP contribution in [0.15, 0.2) is 4.79 Å². The molecular formula is C18H25N3O2S. The maximum Gasteiger partial charge on any atom is 0.263 e. The Morgan fingerprint density at radius 3 is 3.00 bits per heavy atom. The third kappa shape index (κ3) is 3.24. The van der Waals surface area contributed by atoms with Crippen molar-refractivity contribution in [3.05, 3.63) is 26.6 Å². The van der Waals surface area contributed by atoms with Crippen LogP contribution in [-0.2, 0) is 24.2 Å². The molecule has 6 heteroatoms. The van der Waals surface area contributed by atoms with Gasteiger partial charge in [0, 0.05) is 11.4 Å². The number of carbonyl (C=O) groups excluding carboxylic acids is 1. The van der Waals surface area contributed by atoms with Crippen molar-refractivity contribution in [2.75, 3.05) is 6.54 Å². The Hall–Kier alpha value is -1.69. The maximum absolute atomic E-state index is 13.0. The quantitative estimate of drug-likeness (QED) is 0.846. The van der Waals surface area contributed by atoms with E-state index in [-0.39, 0.29) is 18.0 Å². The molecule has 1 amide bonds. The Bertz CT molecular complexity index is 822. The Kier molecular flexibility index (Phi) is 5.04. The number of hydrogen-bond donors (Lipinski definition) is 1. The van der Waals surface area contributed by atoms with Crippen molar-refractivity contribution in [2.45, 2.75) is 59.4 Å². The molecule has 0 spiro atoms. The fraction of sp³-hybridized carbons (Fsp3) is 0.611. The topological polar surface area (TPSA) is 64.0 Å². The summed E-state index contributed by atoms with van der Waals surface area (Å²) in [6.45, 7) is 6.86. The third-order valence-corrected chi connectivity index (χ3v) is 5.91. The molecule has 0 saturated carbocycles. The molecule has 0 fully saturated rings. The number of aryl methyl sites for hydroxylation is 2. The zero-order chi connectivity index (χ0) is 17.3. The fourth-order valence-electron chi connectivity index (χ4n) is 3.32. The van der Waals surface area contributed by atoms with Gasteiger partial charge in [0.1, 0.15) is 17.2 Å². The van der Waals surface area contributed by atoms with Gasteiger partial charge in [-0.15, -0.1) is 11.3 Å². The van der Waals surface area contributed by atoms with Crippen LogP contribution < -0.4 is 10.9 Å². The number of nitrogens with zero attached hydrogens (tertiary/aromatic N) is 2. The monoisotopic (exact) mass is 347 g/mol. The van der Waals surface area contributed by atoms with Gasteiger partial charge in [0.2, 0.25) is 5.91 Å². The largest absolute Gasteiger partial charge is 0.355 e. The Balaban J connectivity index is 1.95. The van der Waals surface area contributed by atoms with E-state index in [2.05, 4.69) is 24.1 Å². The van der Waals surface area contributed by atoms with Crippen molar-refractivity contribution in [3.8, 4) is 0 Å². The highest BCUT2D eigenvalue weighted by molar-refractivity contribution is 7.18. The van der Waals surface area contributed by atoms with Crippen LogP contribution in [0.25, 0.3) is 10.2 Å². The molecule has 1 aliphatic carbocycles. The highest BCUT2D eigenvalue weighted by atomic mass is 32.1. The van der Waals surface area contributed by atoms with Crippen molar-refractivity contribution in [2.24, 2.45) is 5.92 Å². The maximum atomic E-state index is 13.0. The summed E-state index contributed by atoms with van der Waals surface area (Å²) in [7, 11) is 0. The zero-order valence-electron chi connectivity index (χ0n) is 14.6. The molecule has 0 aromatic carbocycles. The predicted molar refractivity (Wildman–Crippen MR) is 97.7 cm³/mol. The SMILES string of the molecule is CCCCNC(=O)Cn1c(C)nc2sc3c(c2c1=O)CCC(C)C3. The molecule has 5 nitrogen and oxygen atoms in total. The summed E-state index contributed by atoms with van der Waals surface area (Å²) in [6, 6.07) is 0. The van der Waals surface area contributed by atoms with Crippen molar-refractivity contribution in [1.82, 2.24) is 14.9 Å². The summed E-state index contributed by atoms with van der Waals surface area (Å²) in [5, 5.41) is 3.62. The molecule has 2 heterocycles. The van der Waals surface area contributed by atoms with Gasteiger partial charge in [0.15, 0.2) is 0 Å². The van der Waals surface area contributed by atoms with Gasteiger partial charge < -0.3 is 5.32 Å². The van der Waals surface area contributed by atoms with Gasteiger partial charge in [-0.25, -0.2) is 4.98 Å². The van der Waals surface area contributed by atoms with Crippen LogP contribution in [0.1, 0.15) is 49.4 Å². The zero-order valence-corrected chi connectivity index (χ0v) is 15.5. The minimum absolute atomic E-state index is 0.0539. The number of hydrogen-bond acceptors (Lipinski definition) is 4. The highest BCUT2D eigenvalue weighted by Crippen LogP contribution is 2.35. The number of fused-ring (bicyclic) bond motifs is 3. The average Bonchev–Trinajstić information content (AvgIpc) is 2.88. The number of thiophene rings is 1. The fourth-order valence-corrected chi connectivity index (χ4v) is 4.73. The first-order chi connectivity index (χ1) is 11.5. The van der Waals surface area contributed by atoms with Gasteiger partial charge in [-0.05, 0) is 44.1 Å². The first-order valence-corrected chi connectivity index (χ1v) is 9.61. The summed E-state index contributed by atoms with van der Waals surface area (Å²) < 4.78 is 1.52. The molecule has 1 N–H and O–H groups in total. The van der Waals surface area contributed by atoms with Crippen LogP contribution in [0.4, 0.5) is 0 Å². The van der Waals surface area contributed by atoms with E-state index in [1.165, 1.54) is 15.0 Å². The third-order valence-electron chi connectivity index (χ3n) is 4.76. The lowest BCUT2D eigenvalue weighted by Crippen LogP contribution is -2.34. The van der Waals surface area contributed by atoms with Crippen LogP contribution in [0, 0.1) is 12.8 Å². The number of rotatable bonds is 5. The van der Waals surface area contributed by atoms with E-state index in [0.717, 1.165) is 42.3 Å². The molecular weight excluding hydrogens is 322 g/mol. The molecule has 1 aliphatic rings. The lowest BCUT2D eigenvalue weighted by molar-refractivity contribution is -0.121. The highest BCUT2D eigenvalue weighted by Gasteiger charge is 2.24. The van der Waals surface area contributed by atoms with Crippen LogP contribution in [0.5, 0.6) is 0 Å². The average molecular weight is 347 g/mol. The molecule has 0 bridgehead atoms. The lowest BCUT2D eigenvalue weighted by Gasteiger charge is -2.17. The Morgan fingerprint density at radius 1 is 1.46 bits per heavy atom. The van der Waals surface area contributed by atoms with Gasteiger partial charge in [-0.2, -0.15) is 0 Å². The normalized spacial score (nSPS) is 17.0. The molecule has 0 aliphatic heterocycles. The number of nitrogens with one attached hydrogen (secondary N) is 1. The summed E-state index contributed by atoms with van der Waals surface area (Å²) in [4.78, 5) is 31.8. The van der Waals surface area contributed by atoms with Crippen molar-refractivity contribution in [3.63, 3.8) is 0 Å². The number of unbranched alkanes of at least 4 members (excludes halogenated alkanes) is 1. The van der Waals surface area contributed by atoms with E-state index < -0.39 is 0 Å². The van der Waals surface area contributed by atoms with E-state index in [4.69, 9.17) is 0 Å². The smallest absolute Gasteiger partial charge is 0.263 e. The Labute approximate surface area is 146 Å². The molecule has 3 rings (SSSR count). The summed E-state index contributed by atoms with van der Waals surface area (Å²) in [6.07, 6.45) is 5.08. The molecule has 0 saturated heterocycles. The van der Waals surface area contributed by atoms with E-state index in [9.17, 15) is 9.59 Å². The Morgan fingerprint density at radius 2 is 2.25 bits per heavy atom. The van der Waals surface area contributed by atoms with Gasteiger partial charge >= 0.3 is 0 Å². The second kappa shape index (κ2) is 7.05. The molecule has 130 valence electrons. The molecule has 2 aromatic rings. The summed E-state index contributed by atoms with van der Waals surface area (Å²) in [5.74, 6) is 1.16. The molecule has 2 aromatic heterocycles. The number of aromatic nitrogens is 2. The summed E-state index contributed by atoms with van der Waals surface area (Å²) in [5.41, 5.74) is 1.11. The van der Waals surface area contributed by atoms with Crippen molar-refractivity contribution in [1.29, 1.82) is 0 Å². The number of amides is 1.